The highest BCUT2D eigenvalue weighted by Gasteiger charge is 2.34. The van der Waals surface area contributed by atoms with Crippen LogP contribution in [0.3, 0.4) is 0 Å². The van der Waals surface area contributed by atoms with Crippen LogP contribution in [0, 0.1) is 16.7 Å². The standard InChI is InChI=1S/C32H35N5O3/c1-6-40-30(38)28-24-10-8-7-9-22(24)15-16-36(28)19-21-11-12-23(18-33)25(17-21)26-13-14-27-29(34-26)35(5)31(39)37(27)20-32(2,3)4/h7-14,17,28H,6,15-16,19-20H2,1-5H3. The van der Waals surface area contributed by atoms with E-state index in [0.29, 0.717) is 48.7 Å². The lowest BCUT2D eigenvalue weighted by molar-refractivity contribution is -0.150. The van der Waals surface area contributed by atoms with E-state index >= 15 is 0 Å². The highest BCUT2D eigenvalue weighted by molar-refractivity contribution is 5.79. The zero-order valence-corrected chi connectivity index (χ0v) is 23.8. The number of benzene rings is 2. The average Bonchev–Trinajstić information content (AvgIpc) is 3.16. The third-order valence-corrected chi connectivity index (χ3v) is 7.37. The number of esters is 1. The first-order valence-corrected chi connectivity index (χ1v) is 13.7. The van der Waals surface area contributed by atoms with Crippen LogP contribution in [0.2, 0.25) is 0 Å². The number of ether oxygens (including phenoxy) is 1. The molecule has 8 heteroatoms. The Balaban J connectivity index is 1.52. The second-order valence-electron chi connectivity index (χ2n) is 11.6. The lowest BCUT2D eigenvalue weighted by Crippen LogP contribution is -2.40. The van der Waals surface area contributed by atoms with Crippen molar-refractivity contribution >= 4 is 17.1 Å². The van der Waals surface area contributed by atoms with Crippen LogP contribution >= 0.6 is 0 Å². The SMILES string of the molecule is CCOC(=O)C1c2ccccc2CCN1Cc1ccc(C#N)c(-c2ccc3c(n2)n(C)c(=O)n3CC(C)(C)C)c1. The van der Waals surface area contributed by atoms with Gasteiger partial charge in [-0.25, -0.2) is 14.6 Å². The molecule has 3 heterocycles. The Hall–Kier alpha value is -4.22. The maximum Gasteiger partial charge on any atom is 0.330 e. The zero-order chi connectivity index (χ0) is 28.6. The van der Waals surface area contributed by atoms with E-state index in [4.69, 9.17) is 9.72 Å². The topological polar surface area (TPSA) is 93.2 Å². The normalized spacial score (nSPS) is 15.6. The van der Waals surface area contributed by atoms with Gasteiger partial charge in [-0.2, -0.15) is 5.26 Å². The third-order valence-electron chi connectivity index (χ3n) is 7.37. The summed E-state index contributed by atoms with van der Waals surface area (Å²) in [4.78, 5) is 33.1. The number of hydrogen-bond acceptors (Lipinski definition) is 6. The number of imidazole rings is 1. The summed E-state index contributed by atoms with van der Waals surface area (Å²) in [5.74, 6) is -0.253. The smallest absolute Gasteiger partial charge is 0.330 e. The minimum Gasteiger partial charge on any atom is -0.465 e. The fourth-order valence-electron chi connectivity index (χ4n) is 5.57. The molecule has 40 heavy (non-hydrogen) atoms. The Morgan fingerprint density at radius 3 is 2.65 bits per heavy atom. The van der Waals surface area contributed by atoms with Gasteiger partial charge in [0.05, 0.1) is 29.5 Å². The van der Waals surface area contributed by atoms with Crippen LogP contribution in [-0.4, -0.2) is 38.1 Å². The van der Waals surface area contributed by atoms with Gasteiger partial charge in [-0.1, -0.05) is 51.1 Å². The van der Waals surface area contributed by atoms with Crippen LogP contribution in [0.15, 0.2) is 59.4 Å². The van der Waals surface area contributed by atoms with Gasteiger partial charge in [0.1, 0.15) is 6.04 Å². The monoisotopic (exact) mass is 537 g/mol. The largest absolute Gasteiger partial charge is 0.465 e. The first kappa shape index (κ1) is 27.4. The van der Waals surface area contributed by atoms with Crippen LogP contribution in [0.1, 0.15) is 56.0 Å². The maximum atomic E-state index is 13.1. The highest BCUT2D eigenvalue weighted by atomic mass is 16.5. The number of carbonyl (C=O) groups is 1. The second-order valence-corrected chi connectivity index (χ2v) is 11.6. The fraction of sp³-hybridized carbons (Fsp3) is 0.375. The average molecular weight is 538 g/mol. The number of rotatable bonds is 6. The molecule has 1 aliphatic heterocycles. The maximum absolute atomic E-state index is 13.1. The van der Waals surface area contributed by atoms with Gasteiger partial charge in [0.2, 0.25) is 0 Å². The Labute approximate surface area is 234 Å². The Morgan fingerprint density at radius 1 is 1.15 bits per heavy atom. The molecule has 206 valence electrons. The van der Waals surface area contributed by atoms with Crippen molar-refractivity contribution in [2.75, 3.05) is 13.2 Å². The summed E-state index contributed by atoms with van der Waals surface area (Å²) in [5, 5.41) is 9.91. The molecule has 0 fully saturated rings. The van der Waals surface area contributed by atoms with E-state index in [1.54, 1.807) is 22.2 Å². The predicted molar refractivity (Wildman–Crippen MR) is 155 cm³/mol. The molecule has 0 saturated carbocycles. The molecule has 1 aliphatic rings. The van der Waals surface area contributed by atoms with Gasteiger partial charge in [0.25, 0.3) is 0 Å². The molecule has 2 aromatic carbocycles. The summed E-state index contributed by atoms with van der Waals surface area (Å²) in [7, 11) is 1.73. The molecule has 1 unspecified atom stereocenters. The minimum absolute atomic E-state index is 0.0739. The lowest BCUT2D eigenvalue weighted by Gasteiger charge is -2.35. The molecule has 0 amide bonds. The van der Waals surface area contributed by atoms with Crippen molar-refractivity contribution in [2.45, 2.75) is 53.2 Å². The molecular weight excluding hydrogens is 502 g/mol. The molecule has 4 aromatic rings. The number of fused-ring (bicyclic) bond motifs is 2. The van der Waals surface area contributed by atoms with E-state index in [2.05, 4.69) is 37.8 Å². The predicted octanol–water partition coefficient (Wildman–Crippen LogP) is 4.98. The molecular formula is C32H35N5O3. The number of pyridine rings is 1. The molecule has 0 saturated heterocycles. The van der Waals surface area contributed by atoms with Gasteiger partial charge >= 0.3 is 11.7 Å². The number of carbonyl (C=O) groups excluding carboxylic acids is 1. The first-order chi connectivity index (χ1) is 19.1. The first-order valence-electron chi connectivity index (χ1n) is 13.7. The Bertz CT molecular complexity index is 1690. The van der Waals surface area contributed by atoms with E-state index in [1.165, 1.54) is 5.56 Å². The zero-order valence-electron chi connectivity index (χ0n) is 23.8. The van der Waals surface area contributed by atoms with Crippen LogP contribution in [-0.2, 0) is 36.1 Å². The number of aryl methyl sites for hydroxylation is 1. The van der Waals surface area contributed by atoms with E-state index in [9.17, 15) is 14.9 Å². The van der Waals surface area contributed by atoms with Gasteiger partial charge in [-0.05, 0) is 59.7 Å². The highest BCUT2D eigenvalue weighted by Crippen LogP contribution is 2.33. The third kappa shape index (κ3) is 5.17. The van der Waals surface area contributed by atoms with E-state index < -0.39 is 6.04 Å². The minimum atomic E-state index is -0.490. The molecule has 5 rings (SSSR count). The summed E-state index contributed by atoms with van der Waals surface area (Å²) in [6, 6.07) is 19.3. The van der Waals surface area contributed by atoms with Crippen molar-refractivity contribution in [3.05, 3.63) is 87.3 Å². The van der Waals surface area contributed by atoms with Crippen LogP contribution in [0.25, 0.3) is 22.4 Å². The molecule has 0 N–H and O–H groups in total. The fourth-order valence-corrected chi connectivity index (χ4v) is 5.57. The quantitative estimate of drug-likeness (QED) is 0.322. The van der Waals surface area contributed by atoms with Crippen LogP contribution in [0.5, 0.6) is 0 Å². The number of nitrogens with zero attached hydrogens (tertiary/aromatic N) is 5. The van der Waals surface area contributed by atoms with Gasteiger partial charge < -0.3 is 4.74 Å². The number of aromatic nitrogens is 3. The molecule has 0 radical (unpaired) electrons. The summed E-state index contributed by atoms with van der Waals surface area (Å²) >= 11 is 0. The summed E-state index contributed by atoms with van der Waals surface area (Å²) in [6.07, 6.45) is 0.840. The van der Waals surface area contributed by atoms with Crippen molar-refractivity contribution in [1.29, 1.82) is 5.26 Å². The molecule has 0 spiro atoms. The van der Waals surface area contributed by atoms with Crippen molar-refractivity contribution in [3.8, 4) is 17.3 Å². The molecule has 1 atom stereocenters. The van der Waals surface area contributed by atoms with Gasteiger partial charge in [-0.3, -0.25) is 14.0 Å². The Morgan fingerprint density at radius 2 is 1.93 bits per heavy atom. The molecule has 0 aliphatic carbocycles. The summed E-state index contributed by atoms with van der Waals surface area (Å²) in [6.45, 7) is 10.2. The van der Waals surface area contributed by atoms with Gasteiger partial charge in [-0.15, -0.1) is 0 Å². The number of nitriles is 1. The van der Waals surface area contributed by atoms with Crippen molar-refractivity contribution < 1.29 is 9.53 Å². The van der Waals surface area contributed by atoms with Crippen molar-refractivity contribution in [3.63, 3.8) is 0 Å². The van der Waals surface area contributed by atoms with Crippen LogP contribution in [0.4, 0.5) is 0 Å². The van der Waals surface area contributed by atoms with Crippen molar-refractivity contribution in [1.82, 2.24) is 19.0 Å². The Kier molecular flexibility index (Phi) is 7.35. The summed E-state index contributed by atoms with van der Waals surface area (Å²) < 4.78 is 8.79. The molecule has 0 bridgehead atoms. The molecule has 2 aromatic heterocycles. The molecule has 8 nitrogen and oxygen atoms in total. The summed E-state index contributed by atoms with van der Waals surface area (Å²) in [5.41, 5.74) is 6.09. The van der Waals surface area contributed by atoms with Crippen LogP contribution < -0.4 is 5.69 Å². The lowest BCUT2D eigenvalue weighted by atomic mass is 9.92. The van der Waals surface area contributed by atoms with Gasteiger partial charge in [0.15, 0.2) is 5.65 Å². The number of hydrogen-bond donors (Lipinski definition) is 0. The van der Waals surface area contributed by atoms with Crippen molar-refractivity contribution in [2.24, 2.45) is 12.5 Å². The van der Waals surface area contributed by atoms with Gasteiger partial charge in [0, 0.05) is 32.2 Å². The van der Waals surface area contributed by atoms with E-state index in [-0.39, 0.29) is 17.1 Å². The second kappa shape index (κ2) is 10.7. The van der Waals surface area contributed by atoms with E-state index in [0.717, 1.165) is 23.1 Å². The van der Waals surface area contributed by atoms with E-state index in [1.807, 2.05) is 49.4 Å².